The van der Waals surface area contributed by atoms with Crippen LogP contribution >= 0.6 is 0 Å². The predicted octanol–water partition coefficient (Wildman–Crippen LogP) is 0.631. The molecule has 1 saturated carbocycles. The summed E-state index contributed by atoms with van der Waals surface area (Å²) in [6.07, 6.45) is -0.617. The van der Waals surface area contributed by atoms with Crippen LogP contribution in [-0.2, 0) is 28.5 Å². The molecule has 0 aromatic heterocycles. The Labute approximate surface area is 116 Å². The molecule has 4 rings (SSSR count). The summed E-state index contributed by atoms with van der Waals surface area (Å²) in [4.78, 5) is 24.4. The maximum absolute atomic E-state index is 12.4. The SMILES string of the molecule is CC1(C)O[C@H]2O[C@H]3[C@@H](CC(=O)[C@@]4(C)C(=O)OC[C@@H]34)[C@H]2O1. The second kappa shape index (κ2) is 3.61. The molecule has 3 saturated heterocycles. The second-order valence-electron chi connectivity index (χ2n) is 6.77. The number of fused-ring (bicyclic) bond motifs is 5. The molecule has 6 nitrogen and oxygen atoms in total. The molecule has 20 heavy (non-hydrogen) atoms. The zero-order valence-corrected chi connectivity index (χ0v) is 11.8. The third-order valence-corrected chi connectivity index (χ3v) is 5.18. The van der Waals surface area contributed by atoms with Crippen molar-refractivity contribution in [2.75, 3.05) is 6.61 Å². The van der Waals surface area contributed by atoms with Gasteiger partial charge in [-0.05, 0) is 20.8 Å². The van der Waals surface area contributed by atoms with Gasteiger partial charge in [0.25, 0.3) is 0 Å². The highest BCUT2D eigenvalue weighted by molar-refractivity contribution is 6.05. The summed E-state index contributed by atoms with van der Waals surface area (Å²) in [6.45, 7) is 5.58. The lowest BCUT2D eigenvalue weighted by Gasteiger charge is -2.39. The van der Waals surface area contributed by atoms with Crippen LogP contribution in [-0.4, -0.2) is 42.6 Å². The molecule has 4 aliphatic rings. The number of rotatable bonds is 0. The van der Waals surface area contributed by atoms with Gasteiger partial charge in [0.05, 0.1) is 12.7 Å². The molecule has 0 radical (unpaired) electrons. The van der Waals surface area contributed by atoms with Gasteiger partial charge in [-0.2, -0.15) is 0 Å². The van der Waals surface area contributed by atoms with Gasteiger partial charge < -0.3 is 18.9 Å². The van der Waals surface area contributed by atoms with Crippen molar-refractivity contribution in [2.45, 2.75) is 51.5 Å². The third kappa shape index (κ3) is 1.39. The van der Waals surface area contributed by atoms with Gasteiger partial charge in [-0.3, -0.25) is 9.59 Å². The molecule has 6 heteroatoms. The summed E-state index contributed by atoms with van der Waals surface area (Å²) >= 11 is 0. The number of ketones is 1. The van der Waals surface area contributed by atoms with Crippen LogP contribution in [0.4, 0.5) is 0 Å². The Morgan fingerprint density at radius 1 is 1.10 bits per heavy atom. The molecule has 0 unspecified atom stereocenters. The summed E-state index contributed by atoms with van der Waals surface area (Å²) in [5, 5.41) is 0. The van der Waals surface area contributed by atoms with Crippen LogP contribution in [0.5, 0.6) is 0 Å². The lowest BCUT2D eigenvalue weighted by atomic mass is 9.63. The van der Waals surface area contributed by atoms with Crippen molar-refractivity contribution < 1.29 is 28.5 Å². The molecule has 6 atom stereocenters. The monoisotopic (exact) mass is 282 g/mol. The number of Topliss-reactive ketones (excluding diaryl/α,β-unsaturated/α-hetero) is 1. The first-order chi connectivity index (χ1) is 9.33. The van der Waals surface area contributed by atoms with Crippen LogP contribution in [0, 0.1) is 17.3 Å². The number of hydrogen-bond donors (Lipinski definition) is 0. The first-order valence-electron chi connectivity index (χ1n) is 7.04. The molecule has 0 N–H and O–H groups in total. The predicted molar refractivity (Wildman–Crippen MR) is 64.4 cm³/mol. The van der Waals surface area contributed by atoms with E-state index in [1.54, 1.807) is 6.92 Å². The van der Waals surface area contributed by atoms with Crippen molar-refractivity contribution in [2.24, 2.45) is 17.3 Å². The Bertz CT molecular complexity index is 500. The van der Waals surface area contributed by atoms with E-state index in [1.807, 2.05) is 13.8 Å². The Balaban J connectivity index is 1.67. The Kier molecular flexibility index (Phi) is 2.30. The van der Waals surface area contributed by atoms with E-state index in [4.69, 9.17) is 18.9 Å². The number of cyclic esters (lactones) is 1. The molecule has 0 spiro atoms. The van der Waals surface area contributed by atoms with Gasteiger partial charge in [0.1, 0.15) is 11.5 Å². The summed E-state index contributed by atoms with van der Waals surface area (Å²) in [5.41, 5.74) is -1.06. The molecule has 4 fully saturated rings. The summed E-state index contributed by atoms with van der Waals surface area (Å²) < 4.78 is 22.7. The van der Waals surface area contributed by atoms with Gasteiger partial charge in [-0.25, -0.2) is 0 Å². The van der Waals surface area contributed by atoms with Crippen LogP contribution in [0.2, 0.25) is 0 Å². The van der Waals surface area contributed by atoms with Crippen LogP contribution in [0.15, 0.2) is 0 Å². The van der Waals surface area contributed by atoms with Crippen molar-refractivity contribution in [3.8, 4) is 0 Å². The van der Waals surface area contributed by atoms with Crippen molar-refractivity contribution in [1.82, 2.24) is 0 Å². The Hall–Kier alpha value is -0.980. The van der Waals surface area contributed by atoms with Gasteiger partial charge in [0, 0.05) is 18.3 Å². The van der Waals surface area contributed by atoms with Crippen molar-refractivity contribution in [3.63, 3.8) is 0 Å². The fraction of sp³-hybridized carbons (Fsp3) is 0.857. The van der Waals surface area contributed by atoms with Crippen LogP contribution < -0.4 is 0 Å². The lowest BCUT2D eigenvalue weighted by molar-refractivity contribution is -0.222. The quantitative estimate of drug-likeness (QED) is 0.479. The van der Waals surface area contributed by atoms with E-state index in [-0.39, 0.29) is 42.9 Å². The van der Waals surface area contributed by atoms with Crippen LogP contribution in [0.25, 0.3) is 0 Å². The van der Waals surface area contributed by atoms with Crippen molar-refractivity contribution >= 4 is 11.8 Å². The van der Waals surface area contributed by atoms with E-state index in [9.17, 15) is 9.59 Å². The number of esters is 1. The first-order valence-corrected chi connectivity index (χ1v) is 7.04. The van der Waals surface area contributed by atoms with Gasteiger partial charge in [0.15, 0.2) is 17.9 Å². The fourth-order valence-corrected chi connectivity index (χ4v) is 4.02. The lowest BCUT2D eigenvalue weighted by Crippen LogP contribution is -2.52. The maximum atomic E-state index is 12.4. The van der Waals surface area contributed by atoms with E-state index < -0.39 is 23.5 Å². The first kappa shape index (κ1) is 12.7. The molecular weight excluding hydrogens is 264 g/mol. The van der Waals surface area contributed by atoms with Gasteiger partial charge in [-0.1, -0.05) is 0 Å². The van der Waals surface area contributed by atoms with Gasteiger partial charge in [-0.15, -0.1) is 0 Å². The molecule has 0 aromatic carbocycles. The van der Waals surface area contributed by atoms with E-state index in [0.29, 0.717) is 0 Å². The highest BCUT2D eigenvalue weighted by Crippen LogP contribution is 2.54. The van der Waals surface area contributed by atoms with Gasteiger partial charge in [0.2, 0.25) is 0 Å². The van der Waals surface area contributed by atoms with E-state index >= 15 is 0 Å². The molecule has 3 aliphatic heterocycles. The molecule has 3 heterocycles. The minimum Gasteiger partial charge on any atom is -0.464 e. The highest BCUT2D eigenvalue weighted by atomic mass is 16.8. The summed E-state index contributed by atoms with van der Waals surface area (Å²) in [7, 11) is 0. The van der Waals surface area contributed by atoms with E-state index in [0.717, 1.165) is 0 Å². The second-order valence-corrected chi connectivity index (χ2v) is 6.77. The number of carbonyl (C=O) groups excluding carboxylic acids is 2. The van der Waals surface area contributed by atoms with E-state index in [2.05, 4.69) is 0 Å². The number of ether oxygens (including phenoxy) is 4. The molecular formula is C14H18O6. The minimum absolute atomic E-state index is 0.0538. The zero-order valence-electron chi connectivity index (χ0n) is 11.8. The van der Waals surface area contributed by atoms with Crippen LogP contribution in [0.3, 0.4) is 0 Å². The molecule has 0 aromatic rings. The maximum Gasteiger partial charge on any atom is 0.319 e. The Morgan fingerprint density at radius 3 is 2.60 bits per heavy atom. The third-order valence-electron chi connectivity index (χ3n) is 5.18. The average Bonchev–Trinajstić information content (AvgIpc) is 2.92. The van der Waals surface area contributed by atoms with Crippen molar-refractivity contribution in [1.29, 1.82) is 0 Å². The number of hydrogen-bond acceptors (Lipinski definition) is 6. The van der Waals surface area contributed by atoms with Crippen molar-refractivity contribution in [3.05, 3.63) is 0 Å². The molecule has 1 aliphatic carbocycles. The summed E-state index contributed by atoms with van der Waals surface area (Å²) in [6, 6.07) is 0. The highest BCUT2D eigenvalue weighted by Gasteiger charge is 2.67. The Morgan fingerprint density at radius 2 is 1.85 bits per heavy atom. The van der Waals surface area contributed by atoms with Gasteiger partial charge >= 0.3 is 5.97 Å². The normalized spacial score (nSPS) is 52.5. The molecule has 110 valence electrons. The topological polar surface area (TPSA) is 71.1 Å². The largest absolute Gasteiger partial charge is 0.464 e. The average molecular weight is 282 g/mol. The standard InChI is InChI=1S/C14H18O6/c1-13(2)19-10-6-4-8(15)14(3)7(5-17-12(14)16)9(6)18-11(10)20-13/h6-7,9-11H,4-5H2,1-3H3/t6-,7+,9+,10-,11-,14+/m1/s1. The smallest absolute Gasteiger partial charge is 0.319 e. The fourth-order valence-electron chi connectivity index (χ4n) is 4.02. The molecule has 0 amide bonds. The summed E-state index contributed by atoms with van der Waals surface area (Å²) in [5.74, 6) is -1.46. The van der Waals surface area contributed by atoms with E-state index in [1.165, 1.54) is 0 Å². The van der Waals surface area contributed by atoms with Crippen LogP contribution in [0.1, 0.15) is 27.2 Å². The number of carbonyl (C=O) groups is 2. The molecule has 0 bridgehead atoms. The minimum atomic E-state index is -1.06. The zero-order chi connectivity index (χ0) is 14.3.